The van der Waals surface area contributed by atoms with Crippen LogP contribution in [0, 0.1) is 11.6 Å². The van der Waals surface area contributed by atoms with Gasteiger partial charge in [0.15, 0.2) is 17.7 Å². The van der Waals surface area contributed by atoms with Gasteiger partial charge in [-0.1, -0.05) is 12.1 Å². The molecule has 2 rings (SSSR count). The van der Waals surface area contributed by atoms with Crippen molar-refractivity contribution in [3.63, 3.8) is 0 Å². The second-order valence-electron chi connectivity index (χ2n) is 5.24. The van der Waals surface area contributed by atoms with Gasteiger partial charge in [-0.25, -0.2) is 13.6 Å². The SMILES string of the molecule is O=C(NC(c1cccc(F)c1F)C(F)(F)F)N1CCCC1CO. The second kappa shape index (κ2) is 6.69. The van der Waals surface area contributed by atoms with E-state index < -0.39 is 41.5 Å². The highest BCUT2D eigenvalue weighted by atomic mass is 19.4. The Balaban J connectivity index is 2.27. The van der Waals surface area contributed by atoms with Gasteiger partial charge in [0.2, 0.25) is 0 Å². The van der Waals surface area contributed by atoms with Crippen LogP contribution in [-0.4, -0.2) is 41.4 Å². The van der Waals surface area contributed by atoms with E-state index in [0.717, 1.165) is 17.0 Å². The monoisotopic (exact) mass is 338 g/mol. The Morgan fingerprint density at radius 1 is 1.39 bits per heavy atom. The second-order valence-corrected chi connectivity index (χ2v) is 5.24. The molecular weight excluding hydrogens is 323 g/mol. The van der Waals surface area contributed by atoms with E-state index in [1.54, 1.807) is 5.32 Å². The highest BCUT2D eigenvalue weighted by molar-refractivity contribution is 5.75. The molecule has 0 aromatic heterocycles. The van der Waals surface area contributed by atoms with Crippen LogP contribution in [0.25, 0.3) is 0 Å². The van der Waals surface area contributed by atoms with Crippen molar-refractivity contribution in [1.82, 2.24) is 10.2 Å². The largest absolute Gasteiger partial charge is 0.413 e. The lowest BCUT2D eigenvalue weighted by atomic mass is 10.1. The van der Waals surface area contributed by atoms with Gasteiger partial charge in [-0.2, -0.15) is 13.2 Å². The van der Waals surface area contributed by atoms with Crippen LogP contribution in [0.2, 0.25) is 0 Å². The number of hydrogen-bond donors (Lipinski definition) is 2. The van der Waals surface area contributed by atoms with Crippen LogP contribution in [0.4, 0.5) is 26.7 Å². The molecule has 1 fully saturated rings. The van der Waals surface area contributed by atoms with Crippen molar-refractivity contribution < 1.29 is 31.9 Å². The predicted octanol–water partition coefficient (Wildman–Crippen LogP) is 2.73. The van der Waals surface area contributed by atoms with Crippen molar-refractivity contribution in [2.45, 2.75) is 31.1 Å². The van der Waals surface area contributed by atoms with Gasteiger partial charge < -0.3 is 15.3 Å². The maximum atomic E-state index is 13.7. The van der Waals surface area contributed by atoms with Gasteiger partial charge >= 0.3 is 12.2 Å². The summed E-state index contributed by atoms with van der Waals surface area (Å²) in [4.78, 5) is 13.1. The van der Waals surface area contributed by atoms with Crippen LogP contribution in [-0.2, 0) is 0 Å². The number of urea groups is 1. The first-order valence-corrected chi connectivity index (χ1v) is 6.94. The lowest BCUT2D eigenvalue weighted by Gasteiger charge is -2.28. The van der Waals surface area contributed by atoms with E-state index in [4.69, 9.17) is 5.11 Å². The Morgan fingerprint density at radius 3 is 2.70 bits per heavy atom. The third kappa shape index (κ3) is 3.72. The topological polar surface area (TPSA) is 52.6 Å². The molecule has 1 aliphatic heterocycles. The standard InChI is InChI=1S/C14H15F5N2O2/c15-10-5-1-4-9(11(10)16)12(14(17,18)19)20-13(23)21-6-2-3-8(21)7-22/h1,4-5,8,12,22H,2-3,6-7H2,(H,20,23). The molecule has 23 heavy (non-hydrogen) atoms. The molecule has 1 heterocycles. The molecular formula is C14H15F5N2O2. The van der Waals surface area contributed by atoms with Gasteiger partial charge in [0.05, 0.1) is 12.6 Å². The smallest absolute Gasteiger partial charge is 0.394 e. The van der Waals surface area contributed by atoms with Crippen molar-refractivity contribution in [3.05, 3.63) is 35.4 Å². The van der Waals surface area contributed by atoms with Crippen molar-refractivity contribution in [2.24, 2.45) is 0 Å². The minimum atomic E-state index is -5.00. The Hall–Kier alpha value is -1.90. The molecule has 9 heteroatoms. The fraction of sp³-hybridized carbons (Fsp3) is 0.500. The molecule has 4 nitrogen and oxygen atoms in total. The number of carbonyl (C=O) groups is 1. The van der Waals surface area contributed by atoms with Crippen LogP contribution in [0.1, 0.15) is 24.4 Å². The molecule has 128 valence electrons. The van der Waals surface area contributed by atoms with Gasteiger partial charge in [-0.3, -0.25) is 0 Å². The normalized spacial score (nSPS) is 19.7. The number of rotatable bonds is 3. The first-order chi connectivity index (χ1) is 10.8. The molecule has 1 aliphatic rings. The van der Waals surface area contributed by atoms with E-state index in [0.29, 0.717) is 18.9 Å². The van der Waals surface area contributed by atoms with E-state index in [1.807, 2.05) is 0 Å². The summed E-state index contributed by atoms with van der Waals surface area (Å²) >= 11 is 0. The van der Waals surface area contributed by atoms with Crippen LogP contribution in [0.15, 0.2) is 18.2 Å². The number of amides is 2. The zero-order valence-corrected chi connectivity index (χ0v) is 11.9. The number of alkyl halides is 3. The fourth-order valence-electron chi connectivity index (χ4n) is 2.58. The predicted molar refractivity (Wildman–Crippen MR) is 70.5 cm³/mol. The number of benzene rings is 1. The first-order valence-electron chi connectivity index (χ1n) is 6.94. The highest BCUT2D eigenvalue weighted by Gasteiger charge is 2.45. The van der Waals surface area contributed by atoms with E-state index in [-0.39, 0.29) is 13.2 Å². The minimum Gasteiger partial charge on any atom is -0.394 e. The van der Waals surface area contributed by atoms with Gasteiger partial charge in [0.25, 0.3) is 0 Å². The highest BCUT2D eigenvalue weighted by Crippen LogP contribution is 2.35. The minimum absolute atomic E-state index is 0.188. The molecule has 0 radical (unpaired) electrons. The van der Waals surface area contributed by atoms with E-state index in [1.165, 1.54) is 0 Å². The summed E-state index contributed by atoms with van der Waals surface area (Å²) in [5, 5.41) is 10.8. The molecule has 0 saturated carbocycles. The maximum absolute atomic E-state index is 13.7. The van der Waals surface area contributed by atoms with E-state index in [2.05, 4.69) is 0 Å². The van der Waals surface area contributed by atoms with Crippen LogP contribution in [0.5, 0.6) is 0 Å². The third-order valence-corrected chi connectivity index (χ3v) is 3.74. The quantitative estimate of drug-likeness (QED) is 0.833. The maximum Gasteiger partial charge on any atom is 0.413 e. The summed E-state index contributed by atoms with van der Waals surface area (Å²) in [6.45, 7) is -0.189. The Morgan fingerprint density at radius 2 is 2.09 bits per heavy atom. The van der Waals surface area contributed by atoms with Crippen molar-refractivity contribution in [2.75, 3.05) is 13.2 Å². The van der Waals surface area contributed by atoms with E-state index in [9.17, 15) is 26.7 Å². The number of carbonyl (C=O) groups excluding carboxylic acids is 1. The fourth-order valence-corrected chi connectivity index (χ4v) is 2.58. The van der Waals surface area contributed by atoms with Gasteiger partial charge in [-0.05, 0) is 18.9 Å². The number of aliphatic hydroxyl groups is 1. The Kier molecular flexibility index (Phi) is 5.08. The first kappa shape index (κ1) is 17.5. The number of likely N-dealkylation sites (tertiary alicyclic amines) is 1. The molecule has 0 aliphatic carbocycles. The van der Waals surface area contributed by atoms with Crippen LogP contribution >= 0.6 is 0 Å². The van der Waals surface area contributed by atoms with E-state index >= 15 is 0 Å². The molecule has 2 N–H and O–H groups in total. The molecule has 2 atom stereocenters. The summed E-state index contributed by atoms with van der Waals surface area (Å²) in [6.07, 6.45) is -3.99. The summed E-state index contributed by atoms with van der Waals surface area (Å²) in [5.41, 5.74) is -0.995. The van der Waals surface area contributed by atoms with Crippen molar-refractivity contribution in [1.29, 1.82) is 0 Å². The Bertz CT molecular complexity index is 579. The lowest BCUT2D eigenvalue weighted by molar-refractivity contribution is -0.156. The zero-order valence-electron chi connectivity index (χ0n) is 11.9. The molecule has 0 bridgehead atoms. The van der Waals surface area contributed by atoms with Gasteiger partial charge in [0.1, 0.15) is 0 Å². The molecule has 1 aromatic carbocycles. The average Bonchev–Trinajstić information content (AvgIpc) is 2.95. The molecule has 2 amide bonds. The molecule has 0 spiro atoms. The van der Waals surface area contributed by atoms with Crippen molar-refractivity contribution >= 4 is 6.03 Å². The average molecular weight is 338 g/mol. The summed E-state index contributed by atoms with van der Waals surface area (Å²) in [7, 11) is 0. The van der Waals surface area contributed by atoms with Crippen LogP contribution in [0.3, 0.4) is 0 Å². The van der Waals surface area contributed by atoms with Crippen molar-refractivity contribution in [3.8, 4) is 0 Å². The van der Waals surface area contributed by atoms with Gasteiger partial charge in [0, 0.05) is 12.1 Å². The van der Waals surface area contributed by atoms with Gasteiger partial charge in [-0.15, -0.1) is 0 Å². The summed E-state index contributed by atoms with van der Waals surface area (Å²) < 4.78 is 66.4. The number of nitrogens with one attached hydrogen (secondary N) is 1. The third-order valence-electron chi connectivity index (χ3n) is 3.74. The molecule has 1 aromatic rings. The molecule has 1 saturated heterocycles. The number of halogens is 5. The summed E-state index contributed by atoms with van der Waals surface area (Å²) in [5.74, 6) is -3.09. The molecule has 2 unspecified atom stereocenters. The summed E-state index contributed by atoms with van der Waals surface area (Å²) in [6, 6.07) is -1.94. The lowest BCUT2D eigenvalue weighted by Crippen LogP contribution is -2.48. The number of aliphatic hydroxyl groups excluding tert-OH is 1. The number of hydrogen-bond acceptors (Lipinski definition) is 2. The van der Waals surface area contributed by atoms with Crippen LogP contribution < -0.4 is 5.32 Å². The number of nitrogens with zero attached hydrogens (tertiary/aromatic N) is 1. The Labute approximate surface area is 128 Å². The zero-order chi connectivity index (χ0) is 17.2.